The molecule has 9 nitrogen and oxygen atoms in total. The second-order valence-electron chi connectivity index (χ2n) is 4.99. The van der Waals surface area contributed by atoms with Crippen LogP contribution in [0.25, 0.3) is 11.1 Å². The number of amides is 3. The lowest BCUT2D eigenvalue weighted by molar-refractivity contribution is -0.127. The highest BCUT2D eigenvalue weighted by atomic mass is 32.2. The SMILES string of the molecule is O=C(CNC(=O)c1ccco1)NNC(=O)CSc1nc2ccccc2o1. The topological polar surface area (TPSA) is 126 Å². The van der Waals surface area contributed by atoms with Crippen molar-refractivity contribution in [3.8, 4) is 0 Å². The molecule has 0 atom stereocenters. The third kappa shape index (κ3) is 4.63. The van der Waals surface area contributed by atoms with Crippen LogP contribution in [0.2, 0.25) is 0 Å². The molecule has 3 aromatic rings. The van der Waals surface area contributed by atoms with Crippen molar-refractivity contribution in [2.75, 3.05) is 12.3 Å². The number of thioether (sulfide) groups is 1. The maximum Gasteiger partial charge on any atom is 0.287 e. The van der Waals surface area contributed by atoms with Gasteiger partial charge in [0.1, 0.15) is 5.52 Å². The third-order valence-electron chi connectivity index (χ3n) is 3.10. The summed E-state index contributed by atoms with van der Waals surface area (Å²) in [7, 11) is 0. The highest BCUT2D eigenvalue weighted by Gasteiger charge is 2.12. The molecule has 0 saturated carbocycles. The summed E-state index contributed by atoms with van der Waals surface area (Å²) in [5.41, 5.74) is 5.78. The summed E-state index contributed by atoms with van der Waals surface area (Å²) in [6, 6.07) is 10.3. The number of nitrogens with one attached hydrogen (secondary N) is 3. The van der Waals surface area contributed by atoms with E-state index in [9.17, 15) is 14.4 Å². The lowest BCUT2D eigenvalue weighted by atomic mass is 10.3. The van der Waals surface area contributed by atoms with Crippen molar-refractivity contribution in [3.05, 3.63) is 48.4 Å². The minimum Gasteiger partial charge on any atom is -0.459 e. The van der Waals surface area contributed by atoms with Gasteiger partial charge in [0.05, 0.1) is 18.6 Å². The van der Waals surface area contributed by atoms with Crippen LogP contribution in [0.4, 0.5) is 0 Å². The summed E-state index contributed by atoms with van der Waals surface area (Å²) in [4.78, 5) is 39.2. The van der Waals surface area contributed by atoms with Crippen molar-refractivity contribution in [1.82, 2.24) is 21.2 Å². The van der Waals surface area contributed by atoms with Gasteiger partial charge in [0.2, 0.25) is 5.91 Å². The number of para-hydroxylation sites is 2. The number of benzene rings is 1. The van der Waals surface area contributed by atoms with E-state index < -0.39 is 17.7 Å². The predicted octanol–water partition coefficient (Wildman–Crippen LogP) is 1.09. The van der Waals surface area contributed by atoms with Crippen molar-refractivity contribution in [2.24, 2.45) is 0 Å². The van der Waals surface area contributed by atoms with Crippen molar-refractivity contribution in [1.29, 1.82) is 0 Å². The van der Waals surface area contributed by atoms with E-state index in [1.54, 1.807) is 18.2 Å². The summed E-state index contributed by atoms with van der Waals surface area (Å²) in [5.74, 6) is -1.45. The lowest BCUT2D eigenvalue weighted by Crippen LogP contribution is -2.46. The summed E-state index contributed by atoms with van der Waals surface area (Å²) < 4.78 is 10.4. The monoisotopic (exact) mass is 374 g/mol. The van der Waals surface area contributed by atoms with E-state index in [-0.39, 0.29) is 18.1 Å². The van der Waals surface area contributed by atoms with Gasteiger partial charge in [0.25, 0.3) is 17.0 Å². The van der Waals surface area contributed by atoms with Gasteiger partial charge in [0.15, 0.2) is 11.3 Å². The number of oxazole rings is 1. The third-order valence-corrected chi connectivity index (χ3v) is 3.92. The molecule has 134 valence electrons. The second-order valence-corrected chi connectivity index (χ2v) is 5.92. The minimum absolute atomic E-state index is 0.00581. The molecular formula is C16H14N4O5S. The van der Waals surface area contributed by atoms with E-state index in [0.29, 0.717) is 16.3 Å². The molecule has 0 aliphatic carbocycles. The molecule has 1 aromatic carbocycles. The molecule has 26 heavy (non-hydrogen) atoms. The average Bonchev–Trinajstić information content (AvgIpc) is 3.31. The van der Waals surface area contributed by atoms with E-state index in [1.165, 1.54) is 12.3 Å². The fourth-order valence-corrected chi connectivity index (χ4v) is 2.55. The van der Waals surface area contributed by atoms with Crippen LogP contribution in [0.3, 0.4) is 0 Å². The van der Waals surface area contributed by atoms with Gasteiger partial charge in [-0.15, -0.1) is 0 Å². The summed E-state index contributed by atoms with van der Waals surface area (Å²) >= 11 is 1.10. The smallest absolute Gasteiger partial charge is 0.287 e. The van der Waals surface area contributed by atoms with Crippen molar-refractivity contribution in [2.45, 2.75) is 5.22 Å². The maximum absolute atomic E-state index is 11.7. The quantitative estimate of drug-likeness (QED) is 0.435. The number of furan rings is 1. The Balaban J connectivity index is 1.36. The molecule has 2 heterocycles. The zero-order valence-electron chi connectivity index (χ0n) is 13.4. The highest BCUT2D eigenvalue weighted by molar-refractivity contribution is 7.99. The molecule has 0 spiro atoms. The van der Waals surface area contributed by atoms with Gasteiger partial charge in [-0.3, -0.25) is 25.2 Å². The van der Waals surface area contributed by atoms with E-state index in [2.05, 4.69) is 21.2 Å². The summed E-state index contributed by atoms with van der Waals surface area (Å²) in [6.07, 6.45) is 1.35. The predicted molar refractivity (Wildman–Crippen MR) is 92.1 cm³/mol. The van der Waals surface area contributed by atoms with Crippen LogP contribution < -0.4 is 16.2 Å². The van der Waals surface area contributed by atoms with Crippen LogP contribution in [0.5, 0.6) is 0 Å². The van der Waals surface area contributed by atoms with Crippen molar-refractivity contribution >= 4 is 40.6 Å². The molecule has 0 fully saturated rings. The molecule has 0 radical (unpaired) electrons. The van der Waals surface area contributed by atoms with Gasteiger partial charge >= 0.3 is 0 Å². The van der Waals surface area contributed by atoms with Crippen LogP contribution in [0, 0.1) is 0 Å². The molecule has 3 rings (SSSR count). The van der Waals surface area contributed by atoms with Gasteiger partial charge in [-0.25, -0.2) is 4.98 Å². The normalized spacial score (nSPS) is 10.5. The number of carbonyl (C=O) groups excluding carboxylic acids is 3. The molecule has 0 unspecified atom stereocenters. The molecule has 3 N–H and O–H groups in total. The zero-order chi connectivity index (χ0) is 18.4. The first kappa shape index (κ1) is 17.5. The van der Waals surface area contributed by atoms with Crippen molar-refractivity contribution in [3.63, 3.8) is 0 Å². The van der Waals surface area contributed by atoms with E-state index in [0.717, 1.165) is 11.8 Å². The van der Waals surface area contributed by atoms with Crippen LogP contribution >= 0.6 is 11.8 Å². The number of hydrogen-bond acceptors (Lipinski definition) is 7. The summed E-state index contributed by atoms with van der Waals surface area (Å²) in [6.45, 7) is -0.307. The van der Waals surface area contributed by atoms with Crippen LogP contribution in [0.15, 0.2) is 56.7 Å². The van der Waals surface area contributed by atoms with Crippen molar-refractivity contribution < 1.29 is 23.2 Å². The van der Waals surface area contributed by atoms with Gasteiger partial charge in [0, 0.05) is 0 Å². The van der Waals surface area contributed by atoms with E-state index in [1.807, 2.05) is 12.1 Å². The maximum atomic E-state index is 11.7. The number of aromatic nitrogens is 1. The molecule has 2 aromatic heterocycles. The Morgan fingerprint density at radius 1 is 1.04 bits per heavy atom. The van der Waals surface area contributed by atoms with Crippen LogP contribution in [-0.4, -0.2) is 35.0 Å². The first-order chi connectivity index (χ1) is 12.6. The Bertz CT molecular complexity index is 889. The largest absolute Gasteiger partial charge is 0.459 e. The number of fused-ring (bicyclic) bond motifs is 1. The Morgan fingerprint density at radius 2 is 1.85 bits per heavy atom. The van der Waals surface area contributed by atoms with Gasteiger partial charge < -0.3 is 14.2 Å². The van der Waals surface area contributed by atoms with Gasteiger partial charge in [-0.05, 0) is 24.3 Å². The zero-order valence-corrected chi connectivity index (χ0v) is 14.2. The number of hydrazine groups is 1. The van der Waals surface area contributed by atoms with Gasteiger partial charge in [-0.2, -0.15) is 0 Å². The first-order valence-corrected chi connectivity index (χ1v) is 8.48. The number of carbonyl (C=O) groups is 3. The number of hydrogen-bond donors (Lipinski definition) is 3. The van der Waals surface area contributed by atoms with Crippen LogP contribution in [0.1, 0.15) is 10.6 Å². The molecule has 0 aliphatic rings. The molecule has 3 amide bonds. The molecule has 0 saturated heterocycles. The van der Waals surface area contributed by atoms with E-state index >= 15 is 0 Å². The lowest BCUT2D eigenvalue weighted by Gasteiger charge is -2.07. The average molecular weight is 374 g/mol. The highest BCUT2D eigenvalue weighted by Crippen LogP contribution is 2.22. The Morgan fingerprint density at radius 3 is 2.62 bits per heavy atom. The Kier molecular flexibility index (Phi) is 5.54. The van der Waals surface area contributed by atoms with E-state index in [4.69, 9.17) is 8.83 Å². The number of rotatable bonds is 6. The minimum atomic E-state index is -0.579. The van der Waals surface area contributed by atoms with Crippen LogP contribution in [-0.2, 0) is 9.59 Å². The first-order valence-electron chi connectivity index (χ1n) is 7.49. The fraction of sp³-hybridized carbons (Fsp3) is 0.125. The Hall–Kier alpha value is -3.27. The fourth-order valence-electron chi connectivity index (χ4n) is 1.92. The molecule has 0 bridgehead atoms. The second kappa shape index (κ2) is 8.21. The number of nitrogens with zero attached hydrogens (tertiary/aromatic N) is 1. The summed E-state index contributed by atoms with van der Waals surface area (Å²) in [5, 5.41) is 2.71. The Labute approximate surface area is 151 Å². The molecular weight excluding hydrogens is 360 g/mol. The molecule has 0 aliphatic heterocycles. The van der Waals surface area contributed by atoms with Gasteiger partial charge in [-0.1, -0.05) is 23.9 Å². The standard InChI is InChI=1S/C16H14N4O5S/c21-13(8-17-15(23)12-6-3-7-24-12)19-20-14(22)9-26-16-18-10-4-1-2-5-11(10)25-16/h1-7H,8-9H2,(H,17,23)(H,19,21)(H,20,22). The molecule has 10 heteroatoms.